The van der Waals surface area contributed by atoms with Crippen LogP contribution in [-0.2, 0) is 24.4 Å². The number of carboxylic acid groups (broad SMARTS) is 1. The molecule has 2 aromatic carbocycles. The van der Waals surface area contributed by atoms with Crippen LogP contribution in [0, 0.1) is 16.7 Å². The molecule has 2 heterocycles. The summed E-state index contributed by atoms with van der Waals surface area (Å²) in [6.07, 6.45) is -0.638. The maximum absolute atomic E-state index is 14.3. The molecule has 2 aliphatic rings. The Labute approximate surface area is 315 Å². The zero-order valence-corrected chi connectivity index (χ0v) is 32.5. The van der Waals surface area contributed by atoms with Crippen molar-refractivity contribution in [3.8, 4) is 22.8 Å². The highest BCUT2D eigenvalue weighted by atomic mass is 32.2. The van der Waals surface area contributed by atoms with Crippen LogP contribution in [0.3, 0.4) is 0 Å². The van der Waals surface area contributed by atoms with E-state index in [-0.39, 0.29) is 25.1 Å². The third-order valence-corrected chi connectivity index (χ3v) is 11.2. The number of sulfonamides is 1. The summed E-state index contributed by atoms with van der Waals surface area (Å²) in [5.41, 5.74) is -1.13. The van der Waals surface area contributed by atoms with Crippen LogP contribution in [0.1, 0.15) is 54.4 Å². The van der Waals surface area contributed by atoms with Crippen LogP contribution in [-0.4, -0.2) is 90.4 Å². The molecule has 1 aromatic heterocycles. The molecule has 1 saturated heterocycles. The Morgan fingerprint density at radius 3 is 2.33 bits per heavy atom. The van der Waals surface area contributed by atoms with Crippen LogP contribution >= 0.6 is 0 Å². The van der Waals surface area contributed by atoms with Crippen LogP contribution < -0.4 is 24.8 Å². The van der Waals surface area contributed by atoms with Gasteiger partial charge in [-0.3, -0.25) is 19.1 Å². The number of methoxy groups -OCH3 is 1. The molecule has 1 aliphatic heterocycles. The number of pyridine rings is 1. The maximum atomic E-state index is 14.3. The van der Waals surface area contributed by atoms with E-state index in [0.29, 0.717) is 28.1 Å². The lowest BCUT2D eigenvalue weighted by molar-refractivity contribution is -0.142. The molecular formula is C39H49N5O9S. The lowest BCUT2D eigenvalue weighted by atomic mass is 9.85. The number of aromatic nitrogens is 1. The van der Waals surface area contributed by atoms with Crippen LogP contribution in [0.5, 0.6) is 11.5 Å². The Morgan fingerprint density at radius 2 is 1.76 bits per heavy atom. The van der Waals surface area contributed by atoms with Gasteiger partial charge in [0, 0.05) is 35.4 Å². The summed E-state index contributed by atoms with van der Waals surface area (Å²) in [5, 5.41) is 15.4. The number of amides is 4. The highest BCUT2D eigenvalue weighted by Crippen LogP contribution is 2.45. The molecule has 4 N–H and O–H groups in total. The van der Waals surface area contributed by atoms with Crippen molar-refractivity contribution in [1.29, 1.82) is 0 Å². The largest absolute Gasteiger partial charge is 0.497 e. The van der Waals surface area contributed by atoms with Crippen LogP contribution in [0.25, 0.3) is 22.2 Å². The number of carbonyl (C=O) groups is 4. The minimum atomic E-state index is -4.07. The number of rotatable bonds is 12. The van der Waals surface area contributed by atoms with Gasteiger partial charge in [-0.25, -0.2) is 18.2 Å². The van der Waals surface area contributed by atoms with Crippen molar-refractivity contribution in [2.75, 3.05) is 19.4 Å². The van der Waals surface area contributed by atoms with E-state index in [2.05, 4.69) is 21.9 Å². The summed E-state index contributed by atoms with van der Waals surface area (Å²) in [6, 6.07) is 14.1. The predicted molar refractivity (Wildman–Crippen MR) is 203 cm³/mol. The van der Waals surface area contributed by atoms with Gasteiger partial charge in [0.05, 0.1) is 30.6 Å². The maximum Gasteiger partial charge on any atom is 0.405 e. The number of fused-ring (bicyclic) bond motifs is 1. The first-order valence-corrected chi connectivity index (χ1v) is 19.3. The first kappa shape index (κ1) is 40.0. The normalized spacial score (nSPS) is 21.8. The van der Waals surface area contributed by atoms with E-state index >= 15 is 0 Å². The summed E-state index contributed by atoms with van der Waals surface area (Å²) < 4.78 is 40.0. The van der Waals surface area contributed by atoms with Crippen LogP contribution in [0.4, 0.5) is 4.79 Å². The van der Waals surface area contributed by atoms with E-state index in [1.165, 1.54) is 11.0 Å². The second-order valence-corrected chi connectivity index (χ2v) is 18.0. The monoisotopic (exact) mass is 763 g/mol. The molecule has 3 aromatic rings. The van der Waals surface area contributed by atoms with Crippen molar-refractivity contribution in [2.24, 2.45) is 16.7 Å². The fourth-order valence-electron chi connectivity index (χ4n) is 6.83. The van der Waals surface area contributed by atoms with E-state index in [9.17, 15) is 32.7 Å². The van der Waals surface area contributed by atoms with Gasteiger partial charge in [0.2, 0.25) is 21.8 Å². The van der Waals surface area contributed by atoms with Gasteiger partial charge in [0.15, 0.2) is 0 Å². The Kier molecular flexibility index (Phi) is 11.1. The van der Waals surface area contributed by atoms with Gasteiger partial charge in [0.25, 0.3) is 5.91 Å². The van der Waals surface area contributed by atoms with Crippen molar-refractivity contribution < 1.29 is 42.2 Å². The molecule has 5 atom stereocenters. The Balaban J connectivity index is 1.50. The topological polar surface area (TPSA) is 193 Å². The summed E-state index contributed by atoms with van der Waals surface area (Å²) in [4.78, 5) is 60.1. The third kappa shape index (κ3) is 8.95. The van der Waals surface area contributed by atoms with Crippen LogP contribution in [0.15, 0.2) is 67.3 Å². The quantitative estimate of drug-likeness (QED) is 0.191. The third-order valence-electron chi connectivity index (χ3n) is 9.49. The zero-order valence-electron chi connectivity index (χ0n) is 31.6. The number of ether oxygens (including phenoxy) is 2. The van der Waals surface area contributed by atoms with E-state index < -0.39 is 74.3 Å². The molecular weight excluding hydrogens is 715 g/mol. The minimum absolute atomic E-state index is 0.0269. The zero-order chi connectivity index (χ0) is 39.8. The minimum Gasteiger partial charge on any atom is -0.497 e. The first-order chi connectivity index (χ1) is 25.2. The standard InChI is InChI=1S/C39H49N5O9S/c1-9-24-20-39(24,35(47)43-54(50,51)22-37(2,3)4)42-33(45)30-18-26(21-44(30)34(46)32(38(5,6)7)41-36(48)49)53-31-19-28(23-13-11-10-12-14-23)40-29-17-25(52-8)15-16-27(29)31/h9-17,19,24,26,30,32,41H,1,18,20-22H2,2-8H3,(H,42,45)(H,43,47)(H,48,49). The second kappa shape index (κ2) is 14.9. The number of nitrogens with zero attached hydrogens (tertiary/aromatic N) is 2. The van der Waals surface area contributed by atoms with Gasteiger partial charge < -0.3 is 30.1 Å². The smallest absolute Gasteiger partial charge is 0.405 e. The molecule has 5 unspecified atom stereocenters. The number of likely N-dealkylation sites (tertiary alicyclic amines) is 1. The molecule has 0 spiro atoms. The summed E-state index contributed by atoms with van der Waals surface area (Å²) in [7, 11) is -2.52. The van der Waals surface area contributed by atoms with Gasteiger partial charge in [-0.2, -0.15) is 0 Å². The Hall–Kier alpha value is -5.18. The SMILES string of the molecule is C=CC1CC1(NC(=O)C1CC(Oc2cc(-c3ccccc3)nc3cc(OC)ccc23)CN1C(=O)C(NC(=O)O)C(C)(C)C)C(=O)NS(=O)(=O)CC(C)(C)C. The van der Waals surface area contributed by atoms with Gasteiger partial charge in [0.1, 0.15) is 35.2 Å². The summed E-state index contributed by atoms with van der Waals surface area (Å²) >= 11 is 0. The molecule has 290 valence electrons. The molecule has 54 heavy (non-hydrogen) atoms. The molecule has 2 fully saturated rings. The molecule has 4 amide bonds. The lowest BCUT2D eigenvalue weighted by Crippen LogP contribution is -2.60. The number of carbonyl (C=O) groups excluding carboxylic acids is 3. The molecule has 14 nitrogen and oxygen atoms in total. The van der Waals surface area contributed by atoms with Crippen molar-refractivity contribution >= 4 is 44.7 Å². The average molecular weight is 764 g/mol. The van der Waals surface area contributed by atoms with Crippen molar-refractivity contribution in [3.63, 3.8) is 0 Å². The van der Waals surface area contributed by atoms with Gasteiger partial charge in [-0.05, 0) is 29.4 Å². The van der Waals surface area contributed by atoms with E-state index in [0.717, 1.165) is 5.56 Å². The van der Waals surface area contributed by atoms with Gasteiger partial charge >= 0.3 is 6.09 Å². The summed E-state index contributed by atoms with van der Waals surface area (Å²) in [5.74, 6) is -2.16. The first-order valence-electron chi connectivity index (χ1n) is 17.7. The second-order valence-electron chi connectivity index (χ2n) is 16.2. The molecule has 15 heteroatoms. The highest BCUT2D eigenvalue weighted by Gasteiger charge is 2.61. The average Bonchev–Trinajstić information content (AvgIpc) is 3.64. The molecule has 0 bridgehead atoms. The molecule has 1 aliphatic carbocycles. The molecule has 1 saturated carbocycles. The summed E-state index contributed by atoms with van der Waals surface area (Å²) in [6.45, 7) is 13.9. The molecule has 0 radical (unpaired) electrons. The van der Waals surface area contributed by atoms with Crippen molar-refractivity contribution in [2.45, 2.75) is 78.1 Å². The lowest BCUT2D eigenvalue weighted by Gasteiger charge is -2.35. The Morgan fingerprint density at radius 1 is 1.07 bits per heavy atom. The van der Waals surface area contributed by atoms with E-state index in [1.807, 2.05) is 30.3 Å². The van der Waals surface area contributed by atoms with Crippen molar-refractivity contribution in [1.82, 2.24) is 25.2 Å². The number of nitrogens with one attached hydrogen (secondary N) is 3. The van der Waals surface area contributed by atoms with Crippen LogP contribution in [0.2, 0.25) is 0 Å². The van der Waals surface area contributed by atoms with Crippen molar-refractivity contribution in [3.05, 3.63) is 67.3 Å². The van der Waals surface area contributed by atoms with Gasteiger partial charge in [-0.1, -0.05) is 78.0 Å². The molecule has 5 rings (SSSR count). The number of benzene rings is 2. The number of hydrogen-bond acceptors (Lipinski definition) is 9. The van der Waals surface area contributed by atoms with E-state index in [1.54, 1.807) is 72.9 Å². The fraction of sp³-hybridized carbons (Fsp3) is 0.462. The highest BCUT2D eigenvalue weighted by molar-refractivity contribution is 7.90. The van der Waals surface area contributed by atoms with E-state index in [4.69, 9.17) is 14.5 Å². The fourth-order valence-corrected chi connectivity index (χ4v) is 8.50. The number of hydrogen-bond donors (Lipinski definition) is 4. The van der Waals surface area contributed by atoms with Gasteiger partial charge in [-0.15, -0.1) is 6.58 Å². The predicted octanol–water partition coefficient (Wildman–Crippen LogP) is 4.49. The Bertz CT molecular complexity index is 2060.